The Labute approximate surface area is 121 Å². The highest BCUT2D eigenvalue weighted by Crippen LogP contribution is 2.49. The molecule has 0 spiro atoms. The first kappa shape index (κ1) is 14.4. The van der Waals surface area contributed by atoms with Gasteiger partial charge in [0.2, 0.25) is 0 Å². The van der Waals surface area contributed by atoms with E-state index in [1.54, 1.807) is 6.07 Å². The summed E-state index contributed by atoms with van der Waals surface area (Å²) < 4.78 is 5.85. The van der Waals surface area contributed by atoms with Crippen LogP contribution in [0.3, 0.4) is 0 Å². The smallest absolute Gasteiger partial charge is 0.288 e. The lowest BCUT2D eigenvalue weighted by Crippen LogP contribution is -2.55. The topological polar surface area (TPSA) is 52.4 Å². The Morgan fingerprint density at radius 2 is 2.26 bits per heavy atom. The van der Waals surface area contributed by atoms with E-state index in [4.69, 9.17) is 27.9 Å². The molecule has 1 saturated carbocycles. The van der Waals surface area contributed by atoms with E-state index in [1.807, 2.05) is 0 Å². The van der Waals surface area contributed by atoms with Gasteiger partial charge in [0.25, 0.3) is 5.69 Å². The van der Waals surface area contributed by atoms with E-state index in [0.717, 1.165) is 12.8 Å². The summed E-state index contributed by atoms with van der Waals surface area (Å²) in [4.78, 5) is 10.2. The fourth-order valence-electron chi connectivity index (χ4n) is 2.27. The number of hydrogen-bond acceptors (Lipinski definition) is 3. The van der Waals surface area contributed by atoms with Gasteiger partial charge in [0.15, 0.2) is 0 Å². The number of nitro benzene ring substituents is 1. The monoisotopic (exact) mass is 303 g/mol. The van der Waals surface area contributed by atoms with Crippen LogP contribution in [-0.4, -0.2) is 16.4 Å². The number of alkyl halides is 1. The molecule has 1 fully saturated rings. The summed E-state index contributed by atoms with van der Waals surface area (Å²) in [5.74, 6) is 0.545. The third-order valence-electron chi connectivity index (χ3n) is 4.03. The summed E-state index contributed by atoms with van der Waals surface area (Å²) in [6, 6.07) is 4.41. The normalized spacial score (nSPS) is 29.7. The number of benzene rings is 1. The minimum Gasteiger partial charge on any atom is -0.490 e. The van der Waals surface area contributed by atoms with Gasteiger partial charge >= 0.3 is 0 Å². The van der Waals surface area contributed by atoms with Crippen LogP contribution < -0.4 is 4.74 Å². The Morgan fingerprint density at radius 1 is 1.58 bits per heavy atom. The first-order valence-electron chi connectivity index (χ1n) is 6.13. The second kappa shape index (κ2) is 5.17. The third kappa shape index (κ3) is 2.51. The van der Waals surface area contributed by atoms with Crippen molar-refractivity contribution in [1.29, 1.82) is 0 Å². The molecule has 0 bridgehead atoms. The lowest BCUT2D eigenvalue weighted by Gasteiger charge is -2.50. The minimum absolute atomic E-state index is 0.0255. The molecule has 0 amide bonds. The molecule has 1 aromatic carbocycles. The maximum atomic E-state index is 10.7. The van der Waals surface area contributed by atoms with E-state index in [9.17, 15) is 10.1 Å². The SMILES string of the molecule is CCC1(C)C(Cl)CC1Oc1ccc([N+](=O)[O-])c(Cl)c1. The Balaban J connectivity index is 2.13. The summed E-state index contributed by atoms with van der Waals surface area (Å²) in [5, 5.41) is 10.9. The molecule has 1 aromatic rings. The second-order valence-electron chi connectivity index (χ2n) is 5.04. The van der Waals surface area contributed by atoms with Crippen LogP contribution in [0, 0.1) is 15.5 Å². The van der Waals surface area contributed by atoms with Crippen LogP contribution >= 0.6 is 23.2 Å². The molecule has 2 rings (SSSR count). The van der Waals surface area contributed by atoms with Crippen LogP contribution in [0.1, 0.15) is 26.7 Å². The standard InChI is InChI=1S/C13H15Cl2NO3/c1-3-13(2)11(15)7-12(13)19-8-4-5-10(16(17)18)9(14)6-8/h4-6,11-12H,3,7H2,1-2H3. The Bertz CT molecular complexity index is 509. The summed E-state index contributed by atoms with van der Waals surface area (Å²) in [6.45, 7) is 4.17. The highest BCUT2D eigenvalue weighted by atomic mass is 35.5. The molecule has 1 aliphatic carbocycles. The van der Waals surface area contributed by atoms with E-state index >= 15 is 0 Å². The molecule has 3 unspecified atom stereocenters. The number of hydrogen-bond donors (Lipinski definition) is 0. The zero-order chi connectivity index (χ0) is 14.2. The van der Waals surface area contributed by atoms with E-state index in [-0.39, 0.29) is 27.6 Å². The van der Waals surface area contributed by atoms with Crippen LogP contribution in [0.15, 0.2) is 18.2 Å². The van der Waals surface area contributed by atoms with Crippen molar-refractivity contribution in [3.05, 3.63) is 33.3 Å². The van der Waals surface area contributed by atoms with E-state index < -0.39 is 4.92 Å². The molecule has 0 aromatic heterocycles. The first-order chi connectivity index (χ1) is 8.88. The molecule has 0 saturated heterocycles. The first-order valence-corrected chi connectivity index (χ1v) is 6.94. The average molecular weight is 304 g/mol. The van der Waals surface area contributed by atoms with Crippen molar-refractivity contribution in [3.8, 4) is 5.75 Å². The van der Waals surface area contributed by atoms with Crippen LogP contribution in [0.25, 0.3) is 0 Å². The molecule has 0 N–H and O–H groups in total. The molecule has 104 valence electrons. The van der Waals surface area contributed by atoms with Crippen molar-refractivity contribution < 1.29 is 9.66 Å². The third-order valence-corrected chi connectivity index (χ3v) is 5.01. The van der Waals surface area contributed by atoms with Crippen molar-refractivity contribution in [2.24, 2.45) is 5.41 Å². The molecule has 19 heavy (non-hydrogen) atoms. The largest absolute Gasteiger partial charge is 0.490 e. The molecule has 0 heterocycles. The molecule has 4 nitrogen and oxygen atoms in total. The van der Waals surface area contributed by atoms with Gasteiger partial charge in [-0.05, 0) is 12.5 Å². The fourth-order valence-corrected chi connectivity index (χ4v) is 2.97. The summed E-state index contributed by atoms with van der Waals surface area (Å²) in [7, 11) is 0. The highest BCUT2D eigenvalue weighted by Gasteiger charge is 2.51. The van der Waals surface area contributed by atoms with Gasteiger partial charge in [-0.3, -0.25) is 10.1 Å². The molecule has 0 radical (unpaired) electrons. The number of nitro groups is 1. The zero-order valence-corrected chi connectivity index (χ0v) is 12.2. The van der Waals surface area contributed by atoms with Crippen LogP contribution in [0.5, 0.6) is 5.75 Å². The predicted octanol–water partition coefficient (Wildman–Crippen LogP) is 4.42. The van der Waals surface area contributed by atoms with Crippen molar-refractivity contribution in [2.45, 2.75) is 38.2 Å². The van der Waals surface area contributed by atoms with Gasteiger partial charge in [0, 0.05) is 29.3 Å². The lowest BCUT2D eigenvalue weighted by molar-refractivity contribution is -0.384. The number of nitrogens with zero attached hydrogens (tertiary/aromatic N) is 1. The quantitative estimate of drug-likeness (QED) is 0.470. The summed E-state index contributed by atoms with van der Waals surface area (Å²) >= 11 is 12.1. The zero-order valence-electron chi connectivity index (χ0n) is 10.7. The van der Waals surface area contributed by atoms with Crippen LogP contribution in [-0.2, 0) is 0 Å². The van der Waals surface area contributed by atoms with Gasteiger partial charge in [-0.2, -0.15) is 0 Å². The van der Waals surface area contributed by atoms with Crippen molar-refractivity contribution >= 4 is 28.9 Å². The van der Waals surface area contributed by atoms with Gasteiger partial charge in [0.1, 0.15) is 16.9 Å². The average Bonchev–Trinajstić information content (AvgIpc) is 2.37. The molecular formula is C13H15Cl2NO3. The second-order valence-corrected chi connectivity index (χ2v) is 5.97. The van der Waals surface area contributed by atoms with Crippen molar-refractivity contribution in [3.63, 3.8) is 0 Å². The predicted molar refractivity (Wildman–Crippen MR) is 75.2 cm³/mol. The highest BCUT2D eigenvalue weighted by molar-refractivity contribution is 6.32. The van der Waals surface area contributed by atoms with Gasteiger partial charge in [-0.15, -0.1) is 11.6 Å². The fraction of sp³-hybridized carbons (Fsp3) is 0.538. The van der Waals surface area contributed by atoms with E-state index in [0.29, 0.717) is 5.75 Å². The number of halogens is 2. The number of rotatable bonds is 4. The number of ether oxygens (including phenoxy) is 1. The Hall–Kier alpha value is -1.00. The van der Waals surface area contributed by atoms with Crippen LogP contribution in [0.4, 0.5) is 5.69 Å². The van der Waals surface area contributed by atoms with Crippen molar-refractivity contribution in [2.75, 3.05) is 0 Å². The summed E-state index contributed by atoms with van der Waals surface area (Å²) in [5.41, 5.74) is -0.174. The van der Waals surface area contributed by atoms with Gasteiger partial charge in [-0.25, -0.2) is 0 Å². The van der Waals surface area contributed by atoms with Crippen LogP contribution in [0.2, 0.25) is 5.02 Å². The van der Waals surface area contributed by atoms with Gasteiger partial charge < -0.3 is 4.74 Å². The Kier molecular flexibility index (Phi) is 3.92. The molecule has 3 atom stereocenters. The lowest BCUT2D eigenvalue weighted by atomic mass is 9.65. The minimum atomic E-state index is -0.513. The Morgan fingerprint density at radius 3 is 2.74 bits per heavy atom. The molecule has 1 aliphatic rings. The molecular weight excluding hydrogens is 289 g/mol. The van der Waals surface area contributed by atoms with Gasteiger partial charge in [0.05, 0.1) is 4.92 Å². The van der Waals surface area contributed by atoms with E-state index in [1.165, 1.54) is 12.1 Å². The summed E-state index contributed by atoms with van der Waals surface area (Å²) in [6.07, 6.45) is 1.73. The van der Waals surface area contributed by atoms with Crippen molar-refractivity contribution in [1.82, 2.24) is 0 Å². The maximum absolute atomic E-state index is 10.7. The van der Waals surface area contributed by atoms with Gasteiger partial charge in [-0.1, -0.05) is 25.4 Å². The maximum Gasteiger partial charge on any atom is 0.288 e. The molecule has 0 aliphatic heterocycles. The van der Waals surface area contributed by atoms with E-state index in [2.05, 4.69) is 13.8 Å². The molecule has 6 heteroatoms.